The molecule has 0 radical (unpaired) electrons. The molecule has 0 N–H and O–H groups in total. The van der Waals surface area contributed by atoms with Crippen molar-refractivity contribution in [2.75, 3.05) is 7.11 Å². The highest BCUT2D eigenvalue weighted by Gasteiger charge is 2.02. The van der Waals surface area contributed by atoms with Gasteiger partial charge in [-0.15, -0.1) is 6.58 Å². The van der Waals surface area contributed by atoms with Gasteiger partial charge in [-0.25, -0.2) is 0 Å². The highest BCUT2D eigenvalue weighted by atomic mass is 35.5. The first-order valence-electron chi connectivity index (χ1n) is 4.66. The van der Waals surface area contributed by atoms with E-state index >= 15 is 0 Å². The molecule has 0 bridgehead atoms. The van der Waals surface area contributed by atoms with Crippen molar-refractivity contribution in [1.82, 2.24) is 0 Å². The summed E-state index contributed by atoms with van der Waals surface area (Å²) in [5.74, 6) is 0. The number of hydrogen-bond acceptors (Lipinski definition) is 1. The summed E-state index contributed by atoms with van der Waals surface area (Å²) in [4.78, 5) is 0. The summed E-state index contributed by atoms with van der Waals surface area (Å²) in [6.45, 7) is 3.71. The van der Waals surface area contributed by atoms with Crippen molar-refractivity contribution in [3.63, 3.8) is 0 Å². The molecule has 1 nitrogen and oxygen atoms in total. The molecule has 0 aliphatic carbocycles. The van der Waals surface area contributed by atoms with Gasteiger partial charge in [-0.1, -0.05) is 29.8 Å². The topological polar surface area (TPSA) is 9.23 Å². The number of aryl methyl sites for hydroxylation is 1. The zero-order valence-corrected chi connectivity index (χ0v) is 9.13. The molecule has 1 aromatic rings. The Bertz CT molecular complexity index is 296. The highest BCUT2D eigenvalue weighted by Crippen LogP contribution is 2.13. The Kier molecular flexibility index (Phi) is 4.71. The largest absolute Gasteiger partial charge is 0.377 e. The van der Waals surface area contributed by atoms with E-state index in [1.165, 1.54) is 5.56 Å². The van der Waals surface area contributed by atoms with Crippen LogP contribution in [-0.4, -0.2) is 13.2 Å². The lowest BCUT2D eigenvalue weighted by molar-refractivity contribution is 0.134. The Morgan fingerprint density at radius 1 is 1.57 bits per heavy atom. The Morgan fingerprint density at radius 2 is 2.36 bits per heavy atom. The second-order valence-electron chi connectivity index (χ2n) is 3.18. The third-order valence-electron chi connectivity index (χ3n) is 2.17. The minimum atomic E-state index is 0.133. The maximum atomic E-state index is 5.88. The van der Waals surface area contributed by atoms with Gasteiger partial charge in [-0.2, -0.15) is 0 Å². The van der Waals surface area contributed by atoms with E-state index < -0.39 is 0 Å². The molecular weight excluding hydrogens is 196 g/mol. The standard InChI is InChI=1S/C12H15ClO/c1-3-12(14-2)8-7-10-5-4-6-11(13)9-10/h3-6,9,12H,1,7-8H2,2H3. The quantitative estimate of drug-likeness (QED) is 0.677. The maximum absolute atomic E-state index is 5.88. The molecular formula is C12H15ClO. The molecule has 0 heterocycles. The van der Waals surface area contributed by atoms with Crippen LogP contribution in [0.3, 0.4) is 0 Å². The van der Waals surface area contributed by atoms with Crippen molar-refractivity contribution >= 4 is 11.6 Å². The molecule has 14 heavy (non-hydrogen) atoms. The van der Waals surface area contributed by atoms with Crippen molar-refractivity contribution in [3.05, 3.63) is 47.5 Å². The predicted octanol–water partition coefficient (Wildman–Crippen LogP) is 3.47. The van der Waals surface area contributed by atoms with E-state index in [2.05, 4.69) is 12.6 Å². The van der Waals surface area contributed by atoms with Crippen molar-refractivity contribution in [2.24, 2.45) is 0 Å². The van der Waals surface area contributed by atoms with E-state index in [-0.39, 0.29) is 6.10 Å². The van der Waals surface area contributed by atoms with Gasteiger partial charge in [-0.3, -0.25) is 0 Å². The lowest BCUT2D eigenvalue weighted by Gasteiger charge is -2.09. The second kappa shape index (κ2) is 5.84. The summed E-state index contributed by atoms with van der Waals surface area (Å²) in [5.41, 5.74) is 1.24. The van der Waals surface area contributed by atoms with E-state index in [0.29, 0.717) is 0 Å². The molecule has 0 aromatic heterocycles. The summed E-state index contributed by atoms with van der Waals surface area (Å²) in [7, 11) is 1.70. The van der Waals surface area contributed by atoms with Crippen LogP contribution in [0, 0.1) is 0 Å². The van der Waals surface area contributed by atoms with Gasteiger partial charge in [-0.05, 0) is 30.5 Å². The van der Waals surface area contributed by atoms with Gasteiger partial charge in [0.05, 0.1) is 6.10 Å². The van der Waals surface area contributed by atoms with Gasteiger partial charge in [0.25, 0.3) is 0 Å². The number of methoxy groups -OCH3 is 1. The van der Waals surface area contributed by atoms with Gasteiger partial charge >= 0.3 is 0 Å². The zero-order valence-electron chi connectivity index (χ0n) is 8.37. The fourth-order valence-corrected chi connectivity index (χ4v) is 1.55. The van der Waals surface area contributed by atoms with E-state index in [1.807, 2.05) is 24.3 Å². The predicted molar refractivity (Wildman–Crippen MR) is 60.8 cm³/mol. The molecule has 0 fully saturated rings. The highest BCUT2D eigenvalue weighted by molar-refractivity contribution is 6.30. The normalized spacial score (nSPS) is 12.4. The second-order valence-corrected chi connectivity index (χ2v) is 3.61. The third kappa shape index (κ3) is 3.52. The zero-order chi connectivity index (χ0) is 10.4. The summed E-state index contributed by atoms with van der Waals surface area (Å²) in [5, 5.41) is 0.787. The van der Waals surface area contributed by atoms with Gasteiger partial charge in [0.15, 0.2) is 0 Å². The Balaban J connectivity index is 2.48. The first kappa shape index (κ1) is 11.3. The van der Waals surface area contributed by atoms with Crippen LogP contribution < -0.4 is 0 Å². The van der Waals surface area contributed by atoms with Crippen molar-refractivity contribution in [2.45, 2.75) is 18.9 Å². The summed E-state index contributed by atoms with van der Waals surface area (Å²) < 4.78 is 5.20. The van der Waals surface area contributed by atoms with E-state index in [9.17, 15) is 0 Å². The Labute approximate surface area is 90.3 Å². The van der Waals surface area contributed by atoms with Crippen LogP contribution in [0.5, 0.6) is 0 Å². The molecule has 0 saturated carbocycles. The fraction of sp³-hybridized carbons (Fsp3) is 0.333. The lowest BCUT2D eigenvalue weighted by Crippen LogP contribution is -2.07. The SMILES string of the molecule is C=CC(CCc1cccc(Cl)c1)OC. The summed E-state index contributed by atoms with van der Waals surface area (Å²) in [6.07, 6.45) is 3.87. The Morgan fingerprint density at radius 3 is 2.93 bits per heavy atom. The van der Waals surface area contributed by atoms with Crippen LogP contribution in [0.25, 0.3) is 0 Å². The van der Waals surface area contributed by atoms with Crippen LogP contribution in [0.1, 0.15) is 12.0 Å². The molecule has 1 unspecified atom stereocenters. The monoisotopic (exact) mass is 210 g/mol. The number of ether oxygens (including phenoxy) is 1. The fourth-order valence-electron chi connectivity index (χ4n) is 1.33. The van der Waals surface area contributed by atoms with E-state index in [4.69, 9.17) is 16.3 Å². The van der Waals surface area contributed by atoms with E-state index in [1.54, 1.807) is 7.11 Å². The average molecular weight is 211 g/mol. The molecule has 0 spiro atoms. The molecule has 2 heteroatoms. The molecule has 1 atom stereocenters. The smallest absolute Gasteiger partial charge is 0.0752 e. The van der Waals surface area contributed by atoms with Crippen molar-refractivity contribution in [3.8, 4) is 0 Å². The molecule has 0 amide bonds. The summed E-state index contributed by atoms with van der Waals surface area (Å²) in [6, 6.07) is 7.90. The number of halogens is 1. The van der Waals surface area contributed by atoms with Crippen molar-refractivity contribution < 1.29 is 4.74 Å². The molecule has 0 aliphatic heterocycles. The van der Waals surface area contributed by atoms with Gasteiger partial charge < -0.3 is 4.74 Å². The maximum Gasteiger partial charge on any atom is 0.0752 e. The minimum absolute atomic E-state index is 0.133. The van der Waals surface area contributed by atoms with Crippen LogP contribution in [0.2, 0.25) is 5.02 Å². The first-order chi connectivity index (χ1) is 6.76. The van der Waals surface area contributed by atoms with Crippen molar-refractivity contribution in [1.29, 1.82) is 0 Å². The van der Waals surface area contributed by atoms with Gasteiger partial charge in [0.1, 0.15) is 0 Å². The molecule has 1 rings (SSSR count). The molecule has 0 aliphatic rings. The number of rotatable bonds is 5. The van der Waals surface area contributed by atoms with Crippen LogP contribution in [-0.2, 0) is 11.2 Å². The van der Waals surface area contributed by atoms with Gasteiger partial charge in [0, 0.05) is 12.1 Å². The number of hydrogen-bond donors (Lipinski definition) is 0. The number of benzene rings is 1. The van der Waals surface area contributed by atoms with Crippen LogP contribution in [0.4, 0.5) is 0 Å². The summed E-state index contributed by atoms with van der Waals surface area (Å²) >= 11 is 5.88. The molecule has 1 aromatic carbocycles. The minimum Gasteiger partial charge on any atom is -0.377 e. The third-order valence-corrected chi connectivity index (χ3v) is 2.41. The van der Waals surface area contributed by atoms with Crippen LogP contribution in [0.15, 0.2) is 36.9 Å². The lowest BCUT2D eigenvalue weighted by atomic mass is 10.1. The average Bonchev–Trinajstić information content (AvgIpc) is 2.19. The van der Waals surface area contributed by atoms with E-state index in [0.717, 1.165) is 17.9 Å². The van der Waals surface area contributed by atoms with Gasteiger partial charge in [0.2, 0.25) is 0 Å². The molecule has 76 valence electrons. The first-order valence-corrected chi connectivity index (χ1v) is 5.04. The molecule has 0 saturated heterocycles. The Hall–Kier alpha value is -0.790. The van der Waals surface area contributed by atoms with Crippen LogP contribution >= 0.6 is 11.6 Å².